The first-order valence-corrected chi connectivity index (χ1v) is 8.27. The zero-order chi connectivity index (χ0) is 17.8. The lowest BCUT2D eigenvalue weighted by Gasteiger charge is -2.14. The molecule has 1 aliphatic heterocycles. The van der Waals surface area contributed by atoms with E-state index >= 15 is 0 Å². The van der Waals surface area contributed by atoms with Gasteiger partial charge in [0.2, 0.25) is 10.0 Å². The van der Waals surface area contributed by atoms with E-state index in [-0.39, 0.29) is 32.6 Å². The molecule has 2 aromatic rings. The number of carbonyl (C=O) groups is 2. The monoisotopic (exact) mass is 368 g/mol. The topological polar surface area (TPSA) is 154 Å². The molecule has 0 bridgehead atoms. The number of anilines is 1. The Morgan fingerprint density at radius 2 is 1.75 bits per heavy atom. The second kappa shape index (κ2) is 5.16. The van der Waals surface area contributed by atoms with Gasteiger partial charge in [-0.1, -0.05) is 11.6 Å². The molecule has 2 amide bonds. The van der Waals surface area contributed by atoms with Gasteiger partial charge >= 0.3 is 0 Å². The number of nitrogens with zero attached hydrogens (tertiary/aromatic N) is 1. The van der Waals surface area contributed by atoms with E-state index in [1.54, 1.807) is 0 Å². The number of halogens is 1. The standard InChI is InChI=1S/C13H9ClN4O5S/c14-7-2-1-5(24(16,22)23)3-8(7)18-9(19)4-6-10(11(18)15)13(21)17-12(6)20/h1-4H,15H2,(H2,16,22,23)(H,17,20,21). The van der Waals surface area contributed by atoms with Crippen LogP contribution in [0.1, 0.15) is 20.7 Å². The average Bonchev–Trinajstić information content (AvgIpc) is 2.74. The van der Waals surface area contributed by atoms with Crippen LogP contribution in [-0.2, 0) is 10.0 Å². The highest BCUT2D eigenvalue weighted by Gasteiger charge is 2.32. The van der Waals surface area contributed by atoms with Gasteiger partial charge < -0.3 is 5.73 Å². The van der Waals surface area contributed by atoms with E-state index in [4.69, 9.17) is 22.5 Å². The summed E-state index contributed by atoms with van der Waals surface area (Å²) in [5.41, 5.74) is 4.68. The number of nitrogens with two attached hydrogens (primary N) is 2. The molecule has 24 heavy (non-hydrogen) atoms. The van der Waals surface area contributed by atoms with Gasteiger partial charge in [-0.25, -0.2) is 13.6 Å². The highest BCUT2D eigenvalue weighted by molar-refractivity contribution is 7.89. The summed E-state index contributed by atoms with van der Waals surface area (Å²) in [6.07, 6.45) is 0. The quantitative estimate of drug-likeness (QED) is 0.613. The highest BCUT2D eigenvalue weighted by Crippen LogP contribution is 2.28. The number of sulfonamides is 1. The largest absolute Gasteiger partial charge is 0.384 e. The minimum atomic E-state index is -4.06. The molecule has 0 aliphatic carbocycles. The van der Waals surface area contributed by atoms with E-state index in [2.05, 4.69) is 0 Å². The van der Waals surface area contributed by atoms with Gasteiger partial charge in [0.15, 0.2) is 0 Å². The van der Waals surface area contributed by atoms with Gasteiger partial charge in [-0.15, -0.1) is 0 Å². The number of imide groups is 1. The van der Waals surface area contributed by atoms with Crippen molar-refractivity contribution in [1.82, 2.24) is 9.88 Å². The summed E-state index contributed by atoms with van der Waals surface area (Å²) in [6, 6.07) is 4.36. The molecule has 0 fully saturated rings. The lowest BCUT2D eigenvalue weighted by atomic mass is 10.1. The normalized spacial score (nSPS) is 13.8. The van der Waals surface area contributed by atoms with Crippen LogP contribution in [-0.4, -0.2) is 24.8 Å². The maximum Gasteiger partial charge on any atom is 0.262 e. The van der Waals surface area contributed by atoms with Crippen molar-refractivity contribution in [3.63, 3.8) is 0 Å². The van der Waals surface area contributed by atoms with Crippen LogP contribution in [0.25, 0.3) is 5.69 Å². The summed E-state index contributed by atoms with van der Waals surface area (Å²) in [7, 11) is -4.06. The van der Waals surface area contributed by atoms with E-state index in [9.17, 15) is 22.8 Å². The summed E-state index contributed by atoms with van der Waals surface area (Å²) >= 11 is 6.02. The van der Waals surface area contributed by atoms with Crippen LogP contribution in [0.4, 0.5) is 5.82 Å². The number of primary sulfonamides is 1. The number of pyridine rings is 1. The lowest BCUT2D eigenvalue weighted by Crippen LogP contribution is -2.24. The van der Waals surface area contributed by atoms with E-state index in [0.29, 0.717) is 0 Å². The summed E-state index contributed by atoms with van der Waals surface area (Å²) in [5, 5.41) is 7.08. The molecule has 11 heteroatoms. The van der Waals surface area contributed by atoms with Gasteiger partial charge in [-0.2, -0.15) is 0 Å². The fraction of sp³-hybridized carbons (Fsp3) is 0. The molecule has 0 radical (unpaired) electrons. The van der Waals surface area contributed by atoms with Crippen molar-refractivity contribution in [2.45, 2.75) is 4.90 Å². The van der Waals surface area contributed by atoms with E-state index in [1.165, 1.54) is 6.07 Å². The SMILES string of the molecule is Nc1c2c(cc(=O)n1-c1cc(S(N)(=O)=O)ccc1Cl)C(=O)NC2=O. The Hall–Kier alpha value is -2.69. The molecule has 0 saturated heterocycles. The third kappa shape index (κ3) is 2.37. The molecule has 5 N–H and O–H groups in total. The Labute approximate surface area is 139 Å². The van der Waals surface area contributed by atoms with Crippen molar-refractivity contribution in [2.75, 3.05) is 5.73 Å². The van der Waals surface area contributed by atoms with Crippen LogP contribution in [0, 0.1) is 0 Å². The van der Waals surface area contributed by atoms with Crippen molar-refractivity contribution in [3.05, 3.63) is 50.8 Å². The Morgan fingerprint density at radius 3 is 2.38 bits per heavy atom. The zero-order valence-corrected chi connectivity index (χ0v) is 13.3. The average molecular weight is 369 g/mol. The number of fused-ring (bicyclic) bond motifs is 1. The van der Waals surface area contributed by atoms with Gasteiger partial charge in [-0.3, -0.25) is 24.3 Å². The van der Waals surface area contributed by atoms with Crippen molar-refractivity contribution in [2.24, 2.45) is 5.14 Å². The van der Waals surface area contributed by atoms with Crippen LogP contribution >= 0.6 is 11.6 Å². The molecule has 0 saturated carbocycles. The molecule has 1 aliphatic rings. The fourth-order valence-corrected chi connectivity index (χ4v) is 3.10. The molecule has 1 aromatic heterocycles. The number of nitrogens with one attached hydrogen (secondary N) is 1. The van der Waals surface area contributed by atoms with Gasteiger partial charge in [-0.05, 0) is 18.2 Å². The number of carbonyl (C=O) groups excluding carboxylic acids is 2. The molecule has 0 atom stereocenters. The smallest absolute Gasteiger partial charge is 0.262 e. The first-order chi connectivity index (χ1) is 11.1. The third-order valence-corrected chi connectivity index (χ3v) is 4.67. The number of rotatable bonds is 2. The molecular formula is C13H9ClN4O5S. The molecular weight excluding hydrogens is 360 g/mol. The van der Waals surface area contributed by atoms with E-state index in [0.717, 1.165) is 22.8 Å². The van der Waals surface area contributed by atoms with Crippen LogP contribution in [0.15, 0.2) is 34.0 Å². The number of aromatic nitrogens is 1. The van der Waals surface area contributed by atoms with E-state index in [1.807, 2.05) is 5.32 Å². The lowest BCUT2D eigenvalue weighted by molar-refractivity contribution is 0.0880. The number of hydrogen-bond acceptors (Lipinski definition) is 6. The Balaban J connectivity index is 2.37. The van der Waals surface area contributed by atoms with Gasteiger partial charge in [0.1, 0.15) is 5.82 Å². The summed E-state index contributed by atoms with van der Waals surface area (Å²) in [6.45, 7) is 0. The van der Waals surface area contributed by atoms with Crippen LogP contribution in [0.2, 0.25) is 5.02 Å². The van der Waals surface area contributed by atoms with Crippen molar-refractivity contribution in [3.8, 4) is 5.69 Å². The summed E-state index contributed by atoms with van der Waals surface area (Å²) < 4.78 is 23.8. The highest BCUT2D eigenvalue weighted by atomic mass is 35.5. The molecule has 1 aromatic carbocycles. The van der Waals surface area contributed by atoms with Crippen molar-refractivity contribution < 1.29 is 18.0 Å². The molecule has 2 heterocycles. The molecule has 0 spiro atoms. The first-order valence-electron chi connectivity index (χ1n) is 6.35. The third-order valence-electron chi connectivity index (χ3n) is 3.44. The Bertz CT molecular complexity index is 1090. The Kier molecular flexibility index (Phi) is 3.48. The van der Waals surface area contributed by atoms with Crippen LogP contribution < -0.4 is 21.7 Å². The predicted molar refractivity (Wildman–Crippen MR) is 84.6 cm³/mol. The fourth-order valence-electron chi connectivity index (χ4n) is 2.37. The Morgan fingerprint density at radius 1 is 1.08 bits per heavy atom. The van der Waals surface area contributed by atoms with Crippen LogP contribution in [0.5, 0.6) is 0 Å². The molecule has 124 valence electrons. The van der Waals surface area contributed by atoms with Gasteiger partial charge in [0.05, 0.1) is 26.7 Å². The second-order valence-corrected chi connectivity index (χ2v) is 6.90. The predicted octanol–water partition coefficient (Wildman–Crippen LogP) is -0.396. The summed E-state index contributed by atoms with van der Waals surface area (Å²) in [4.78, 5) is 35.5. The number of hydrogen-bond donors (Lipinski definition) is 3. The first kappa shape index (κ1) is 16.2. The van der Waals surface area contributed by atoms with Gasteiger partial charge in [0, 0.05) is 6.07 Å². The minimum Gasteiger partial charge on any atom is -0.384 e. The van der Waals surface area contributed by atoms with E-state index < -0.39 is 27.4 Å². The number of benzene rings is 1. The molecule has 0 unspecified atom stereocenters. The maximum absolute atomic E-state index is 12.3. The molecule has 3 rings (SSSR count). The zero-order valence-electron chi connectivity index (χ0n) is 11.7. The molecule has 9 nitrogen and oxygen atoms in total. The van der Waals surface area contributed by atoms with Crippen LogP contribution in [0.3, 0.4) is 0 Å². The maximum atomic E-state index is 12.3. The summed E-state index contributed by atoms with van der Waals surface area (Å²) in [5.74, 6) is -1.84. The number of nitrogen functional groups attached to an aromatic ring is 1. The van der Waals surface area contributed by atoms with Crippen molar-refractivity contribution >= 4 is 39.3 Å². The second-order valence-electron chi connectivity index (χ2n) is 4.93. The van der Waals surface area contributed by atoms with Gasteiger partial charge in [0.25, 0.3) is 17.4 Å². The number of amides is 2. The van der Waals surface area contributed by atoms with Crippen molar-refractivity contribution in [1.29, 1.82) is 0 Å². The minimum absolute atomic E-state index is 0.000816.